The van der Waals surface area contributed by atoms with Crippen molar-refractivity contribution >= 4 is 16.3 Å². The van der Waals surface area contributed by atoms with E-state index in [0.717, 1.165) is 10.7 Å². The zero-order chi connectivity index (χ0) is 11.7. The summed E-state index contributed by atoms with van der Waals surface area (Å²) in [5.41, 5.74) is 0. The molecule has 0 aliphatic carbocycles. The highest BCUT2D eigenvalue weighted by molar-refractivity contribution is 7.15. The molecule has 0 bridgehead atoms. The highest BCUT2D eigenvalue weighted by Gasteiger charge is 2.18. The molecule has 0 radical (unpaired) electrons. The third kappa shape index (κ3) is 1.83. The number of aryl methyl sites for hydroxylation is 1. The predicted octanol–water partition coefficient (Wildman–Crippen LogP) is 2.54. The van der Waals surface area contributed by atoms with Crippen LogP contribution in [0.3, 0.4) is 0 Å². The highest BCUT2D eigenvalue weighted by atomic mass is 32.1. The number of aromatic nitrogens is 2. The summed E-state index contributed by atoms with van der Waals surface area (Å²) in [6.07, 6.45) is 3.60. The second kappa shape index (κ2) is 4.05. The standard InChI is InChI=1S/C10H11N3O2S/c1-7(10-11-5-6-12(10)2)8-3-4-9(16-8)13(14)15/h3-7H,1-2H3. The van der Waals surface area contributed by atoms with Gasteiger partial charge in [-0.15, -0.1) is 0 Å². The first-order valence-corrected chi connectivity index (χ1v) is 5.62. The molecule has 0 spiro atoms. The second-order valence-corrected chi connectivity index (χ2v) is 4.64. The Labute approximate surface area is 96.5 Å². The zero-order valence-corrected chi connectivity index (χ0v) is 9.77. The smallest absolute Gasteiger partial charge is 0.324 e. The second-order valence-electron chi connectivity index (χ2n) is 3.55. The van der Waals surface area contributed by atoms with Gasteiger partial charge in [0.05, 0.1) is 4.92 Å². The lowest BCUT2D eigenvalue weighted by Gasteiger charge is -2.08. The first-order chi connectivity index (χ1) is 7.59. The molecule has 16 heavy (non-hydrogen) atoms. The molecule has 2 heterocycles. The lowest BCUT2D eigenvalue weighted by Crippen LogP contribution is -2.02. The summed E-state index contributed by atoms with van der Waals surface area (Å²) in [7, 11) is 1.92. The lowest BCUT2D eigenvalue weighted by atomic mass is 10.1. The molecule has 0 aliphatic rings. The largest absolute Gasteiger partial charge is 0.337 e. The van der Waals surface area contributed by atoms with E-state index in [9.17, 15) is 10.1 Å². The fraction of sp³-hybridized carbons (Fsp3) is 0.300. The van der Waals surface area contributed by atoms with E-state index in [1.165, 1.54) is 11.3 Å². The van der Waals surface area contributed by atoms with Crippen LogP contribution in [-0.2, 0) is 7.05 Å². The summed E-state index contributed by atoms with van der Waals surface area (Å²) >= 11 is 1.20. The van der Waals surface area contributed by atoms with Crippen molar-refractivity contribution in [3.8, 4) is 0 Å². The summed E-state index contributed by atoms with van der Waals surface area (Å²) in [6, 6.07) is 3.33. The van der Waals surface area contributed by atoms with Crippen molar-refractivity contribution in [2.45, 2.75) is 12.8 Å². The normalized spacial score (nSPS) is 12.6. The minimum Gasteiger partial charge on any atom is -0.337 e. The van der Waals surface area contributed by atoms with E-state index in [1.807, 2.05) is 24.7 Å². The number of nitrogens with zero attached hydrogens (tertiary/aromatic N) is 3. The molecule has 2 aromatic rings. The summed E-state index contributed by atoms with van der Waals surface area (Å²) in [6.45, 7) is 2.00. The van der Waals surface area contributed by atoms with Crippen LogP contribution in [0.1, 0.15) is 23.5 Å². The van der Waals surface area contributed by atoms with E-state index < -0.39 is 0 Å². The Hall–Kier alpha value is -1.69. The van der Waals surface area contributed by atoms with Crippen LogP contribution in [0.25, 0.3) is 0 Å². The highest BCUT2D eigenvalue weighted by Crippen LogP contribution is 2.32. The molecule has 6 heteroatoms. The molecule has 1 unspecified atom stereocenters. The van der Waals surface area contributed by atoms with E-state index in [-0.39, 0.29) is 15.8 Å². The van der Waals surface area contributed by atoms with Crippen molar-refractivity contribution in [1.29, 1.82) is 0 Å². The van der Waals surface area contributed by atoms with Crippen molar-refractivity contribution in [1.82, 2.24) is 9.55 Å². The van der Waals surface area contributed by atoms with E-state index in [1.54, 1.807) is 18.3 Å². The first-order valence-electron chi connectivity index (χ1n) is 4.81. The molecule has 84 valence electrons. The molecule has 2 rings (SSSR count). The van der Waals surface area contributed by atoms with Gasteiger partial charge in [0.2, 0.25) is 0 Å². The Morgan fingerprint density at radius 3 is 2.81 bits per heavy atom. The monoisotopic (exact) mass is 237 g/mol. The summed E-state index contributed by atoms with van der Waals surface area (Å²) < 4.78 is 1.93. The van der Waals surface area contributed by atoms with Gasteiger partial charge in [-0.2, -0.15) is 0 Å². The minimum absolute atomic E-state index is 0.0821. The van der Waals surface area contributed by atoms with Crippen molar-refractivity contribution in [2.24, 2.45) is 7.05 Å². The fourth-order valence-electron chi connectivity index (χ4n) is 1.59. The Balaban J connectivity index is 2.31. The lowest BCUT2D eigenvalue weighted by molar-refractivity contribution is -0.380. The molecule has 0 aromatic carbocycles. The van der Waals surface area contributed by atoms with E-state index in [2.05, 4.69) is 4.98 Å². The van der Waals surface area contributed by atoms with Crippen LogP contribution in [0.4, 0.5) is 5.00 Å². The Kier molecular flexibility index (Phi) is 2.74. The van der Waals surface area contributed by atoms with Crippen molar-refractivity contribution in [3.63, 3.8) is 0 Å². The van der Waals surface area contributed by atoms with Gasteiger partial charge in [-0.25, -0.2) is 4.98 Å². The van der Waals surface area contributed by atoms with Gasteiger partial charge in [0.1, 0.15) is 5.82 Å². The van der Waals surface area contributed by atoms with Gasteiger partial charge < -0.3 is 4.57 Å². The average Bonchev–Trinajstić information content (AvgIpc) is 2.84. The van der Waals surface area contributed by atoms with Crippen LogP contribution < -0.4 is 0 Å². The zero-order valence-electron chi connectivity index (χ0n) is 8.95. The first kappa shape index (κ1) is 10.8. The van der Waals surface area contributed by atoms with Crippen LogP contribution in [0.15, 0.2) is 24.5 Å². The third-order valence-electron chi connectivity index (χ3n) is 2.47. The molecule has 0 N–H and O–H groups in total. The van der Waals surface area contributed by atoms with Gasteiger partial charge >= 0.3 is 5.00 Å². The van der Waals surface area contributed by atoms with Gasteiger partial charge in [-0.1, -0.05) is 18.3 Å². The molecule has 0 amide bonds. The van der Waals surface area contributed by atoms with Gasteiger partial charge in [-0.05, 0) is 6.07 Å². The minimum atomic E-state index is -0.362. The maximum absolute atomic E-state index is 10.6. The number of hydrogen-bond acceptors (Lipinski definition) is 4. The topological polar surface area (TPSA) is 61.0 Å². The van der Waals surface area contributed by atoms with Crippen LogP contribution in [0.2, 0.25) is 0 Å². The van der Waals surface area contributed by atoms with Gasteiger partial charge in [0, 0.05) is 36.3 Å². The predicted molar refractivity (Wildman–Crippen MR) is 61.7 cm³/mol. The van der Waals surface area contributed by atoms with Gasteiger partial charge in [0.15, 0.2) is 0 Å². The van der Waals surface area contributed by atoms with Crippen LogP contribution in [-0.4, -0.2) is 14.5 Å². The summed E-state index contributed by atoms with van der Waals surface area (Å²) in [4.78, 5) is 15.4. The van der Waals surface area contributed by atoms with Crippen molar-refractivity contribution in [3.05, 3.63) is 45.3 Å². The molecular weight excluding hydrogens is 226 g/mol. The number of imidazole rings is 1. The van der Waals surface area contributed by atoms with Crippen LogP contribution in [0.5, 0.6) is 0 Å². The summed E-state index contributed by atoms with van der Waals surface area (Å²) in [5.74, 6) is 0.996. The molecular formula is C10H11N3O2S. The quantitative estimate of drug-likeness (QED) is 0.608. The number of rotatable bonds is 3. The Morgan fingerprint density at radius 1 is 1.56 bits per heavy atom. The molecule has 1 atom stereocenters. The molecule has 0 fully saturated rings. The average molecular weight is 237 g/mol. The summed E-state index contributed by atoms with van der Waals surface area (Å²) in [5, 5.41) is 10.8. The van der Waals surface area contributed by atoms with Crippen LogP contribution >= 0.6 is 11.3 Å². The van der Waals surface area contributed by atoms with Crippen LogP contribution in [0, 0.1) is 10.1 Å². The molecule has 0 aliphatic heterocycles. The third-order valence-corrected chi connectivity index (χ3v) is 3.68. The van der Waals surface area contributed by atoms with Crippen molar-refractivity contribution in [2.75, 3.05) is 0 Å². The van der Waals surface area contributed by atoms with E-state index in [4.69, 9.17) is 0 Å². The Morgan fingerprint density at radius 2 is 2.31 bits per heavy atom. The molecule has 0 saturated carbocycles. The Bertz CT molecular complexity index is 518. The molecule has 2 aromatic heterocycles. The number of nitro groups is 1. The SMILES string of the molecule is CC(c1ccc([N+](=O)[O-])s1)c1nccn1C. The van der Waals surface area contributed by atoms with Gasteiger partial charge in [-0.3, -0.25) is 10.1 Å². The van der Waals surface area contributed by atoms with Crippen molar-refractivity contribution < 1.29 is 4.92 Å². The molecule has 0 saturated heterocycles. The van der Waals surface area contributed by atoms with E-state index >= 15 is 0 Å². The maximum Gasteiger partial charge on any atom is 0.324 e. The fourth-order valence-corrected chi connectivity index (χ4v) is 2.47. The number of hydrogen-bond donors (Lipinski definition) is 0. The van der Waals surface area contributed by atoms with Gasteiger partial charge in [0.25, 0.3) is 0 Å². The maximum atomic E-state index is 10.6. The van der Waals surface area contributed by atoms with E-state index in [0.29, 0.717) is 0 Å². The number of thiophene rings is 1. The molecule has 5 nitrogen and oxygen atoms in total.